The number of nitrogens with zero attached hydrogens (tertiary/aromatic N) is 1. The largest absolute Gasteiger partial charge is 0.272 e. The third kappa shape index (κ3) is 3.38. The molecule has 2 nitrogen and oxygen atoms in total. The van der Waals surface area contributed by atoms with Crippen LogP contribution in [-0.2, 0) is 4.79 Å². The highest BCUT2D eigenvalue weighted by Crippen LogP contribution is 2.11. The number of carbonyl (C=O) groups excluding carboxylic acids is 1. The molecular formula is C8H15NO. The van der Waals surface area contributed by atoms with Crippen LogP contribution in [0, 0.1) is 11.8 Å². The van der Waals surface area contributed by atoms with E-state index in [-0.39, 0.29) is 11.8 Å². The highest BCUT2D eigenvalue weighted by molar-refractivity contribution is 5.82. The van der Waals surface area contributed by atoms with Crippen molar-refractivity contribution >= 4 is 12.6 Å². The summed E-state index contributed by atoms with van der Waals surface area (Å²) in [6, 6.07) is 0. The number of hydrogen-bond acceptors (Lipinski definition) is 1. The molecule has 0 aliphatic heterocycles. The molecule has 0 unspecified atom stereocenters. The molecule has 10 heavy (non-hydrogen) atoms. The fourth-order valence-corrected chi connectivity index (χ4v) is 0.964. The quantitative estimate of drug-likeness (QED) is 0.552. The van der Waals surface area contributed by atoms with Crippen LogP contribution in [0.25, 0.3) is 0 Å². The van der Waals surface area contributed by atoms with Gasteiger partial charge in [0.1, 0.15) is 0 Å². The molecule has 0 spiro atoms. The van der Waals surface area contributed by atoms with Crippen molar-refractivity contribution in [3.8, 4) is 0 Å². The summed E-state index contributed by atoms with van der Waals surface area (Å²) < 4.78 is 0. The Morgan fingerprint density at radius 1 is 1.50 bits per heavy atom. The number of carbonyl (C=O) groups is 1. The van der Waals surface area contributed by atoms with E-state index in [1.807, 2.05) is 6.92 Å². The molecule has 0 radical (unpaired) electrons. The molecule has 0 fully saturated rings. The van der Waals surface area contributed by atoms with Gasteiger partial charge in [0.05, 0.1) is 0 Å². The van der Waals surface area contributed by atoms with E-state index in [0.29, 0.717) is 5.92 Å². The molecule has 0 saturated heterocycles. The van der Waals surface area contributed by atoms with Gasteiger partial charge < -0.3 is 0 Å². The molecule has 0 aromatic carbocycles. The summed E-state index contributed by atoms with van der Waals surface area (Å²) in [4.78, 5) is 14.2. The van der Waals surface area contributed by atoms with Crippen molar-refractivity contribution in [3.63, 3.8) is 0 Å². The van der Waals surface area contributed by atoms with Gasteiger partial charge in [-0.3, -0.25) is 4.79 Å². The van der Waals surface area contributed by atoms with E-state index >= 15 is 0 Å². The van der Waals surface area contributed by atoms with E-state index in [4.69, 9.17) is 0 Å². The molecule has 0 heterocycles. The van der Waals surface area contributed by atoms with Gasteiger partial charge in [-0.2, -0.15) is 0 Å². The van der Waals surface area contributed by atoms with Crippen molar-refractivity contribution in [3.05, 3.63) is 0 Å². The second-order valence-electron chi connectivity index (χ2n) is 3.03. The average Bonchev–Trinajstić information content (AvgIpc) is 1.85. The summed E-state index contributed by atoms with van der Waals surface area (Å²) in [5.41, 5.74) is 0. The van der Waals surface area contributed by atoms with Gasteiger partial charge in [-0.25, -0.2) is 4.99 Å². The molecule has 0 aromatic heterocycles. The SMILES string of the molecule is C=NC(=O)[C@@H](C)CC(C)C. The van der Waals surface area contributed by atoms with Crippen LogP contribution in [0.5, 0.6) is 0 Å². The van der Waals surface area contributed by atoms with E-state index in [2.05, 4.69) is 25.6 Å². The minimum absolute atomic E-state index is 0.0394. The van der Waals surface area contributed by atoms with Crippen molar-refractivity contribution < 1.29 is 4.79 Å². The zero-order valence-corrected chi connectivity index (χ0v) is 6.92. The predicted molar refractivity (Wildman–Crippen MR) is 43.2 cm³/mol. The molecule has 58 valence electrons. The van der Waals surface area contributed by atoms with Crippen molar-refractivity contribution in [1.29, 1.82) is 0 Å². The molecule has 0 aliphatic rings. The lowest BCUT2D eigenvalue weighted by Crippen LogP contribution is -2.10. The van der Waals surface area contributed by atoms with Gasteiger partial charge in [-0.15, -0.1) is 0 Å². The Balaban J connectivity index is 3.72. The lowest BCUT2D eigenvalue weighted by atomic mass is 9.99. The topological polar surface area (TPSA) is 29.4 Å². The van der Waals surface area contributed by atoms with Crippen LogP contribution < -0.4 is 0 Å². The van der Waals surface area contributed by atoms with E-state index in [1.54, 1.807) is 0 Å². The first-order valence-electron chi connectivity index (χ1n) is 3.58. The van der Waals surface area contributed by atoms with Gasteiger partial charge >= 0.3 is 0 Å². The molecule has 0 bridgehead atoms. The minimum Gasteiger partial charge on any atom is -0.272 e. The summed E-state index contributed by atoms with van der Waals surface area (Å²) >= 11 is 0. The maximum atomic E-state index is 10.8. The van der Waals surface area contributed by atoms with Gasteiger partial charge in [0.25, 0.3) is 0 Å². The zero-order valence-electron chi connectivity index (χ0n) is 6.92. The van der Waals surface area contributed by atoms with Crippen LogP contribution in [0.1, 0.15) is 27.2 Å². The summed E-state index contributed by atoms with van der Waals surface area (Å²) in [6.45, 7) is 9.26. The van der Waals surface area contributed by atoms with Gasteiger partial charge in [-0.05, 0) is 19.1 Å². The number of hydrogen-bond donors (Lipinski definition) is 0. The number of rotatable bonds is 3. The number of aliphatic imine (C=N–C) groups is 1. The lowest BCUT2D eigenvalue weighted by molar-refractivity contribution is -0.121. The Morgan fingerprint density at radius 3 is 2.30 bits per heavy atom. The first-order valence-corrected chi connectivity index (χ1v) is 3.58. The van der Waals surface area contributed by atoms with Crippen molar-refractivity contribution in [2.45, 2.75) is 27.2 Å². The van der Waals surface area contributed by atoms with E-state index in [9.17, 15) is 4.79 Å². The maximum Gasteiger partial charge on any atom is 0.247 e. The predicted octanol–water partition coefficient (Wildman–Crippen LogP) is 1.90. The van der Waals surface area contributed by atoms with E-state index in [0.717, 1.165) is 6.42 Å². The van der Waals surface area contributed by atoms with Gasteiger partial charge in [0.2, 0.25) is 5.91 Å². The normalized spacial score (nSPS) is 13.2. The molecule has 1 atom stereocenters. The van der Waals surface area contributed by atoms with E-state index in [1.165, 1.54) is 0 Å². The van der Waals surface area contributed by atoms with Crippen molar-refractivity contribution in [2.75, 3.05) is 0 Å². The molecule has 0 saturated carbocycles. The maximum absolute atomic E-state index is 10.8. The first-order chi connectivity index (χ1) is 4.57. The Hall–Kier alpha value is -0.660. The molecule has 1 amide bonds. The van der Waals surface area contributed by atoms with Gasteiger partial charge in [0, 0.05) is 5.92 Å². The van der Waals surface area contributed by atoms with Crippen LogP contribution in [0.2, 0.25) is 0 Å². The fraction of sp³-hybridized carbons (Fsp3) is 0.750. The number of amides is 1. The summed E-state index contributed by atoms with van der Waals surface area (Å²) in [6.07, 6.45) is 0.901. The lowest BCUT2D eigenvalue weighted by Gasteiger charge is -2.08. The molecular weight excluding hydrogens is 126 g/mol. The standard InChI is InChI=1S/C8H15NO/c1-6(2)5-7(3)8(10)9-4/h6-7H,4-5H2,1-3H3/t7-/m0/s1. The third-order valence-electron chi connectivity index (χ3n) is 1.40. The fourth-order valence-electron chi connectivity index (χ4n) is 0.964. The van der Waals surface area contributed by atoms with Gasteiger partial charge in [-0.1, -0.05) is 20.8 Å². The molecule has 0 rings (SSSR count). The molecule has 2 heteroatoms. The first kappa shape index (κ1) is 9.34. The Labute approximate surface area is 62.4 Å². The van der Waals surface area contributed by atoms with Gasteiger partial charge in [0.15, 0.2) is 0 Å². The monoisotopic (exact) mass is 141 g/mol. The Morgan fingerprint density at radius 2 is 2.00 bits per heavy atom. The summed E-state index contributed by atoms with van der Waals surface area (Å²) in [5.74, 6) is 0.506. The highest BCUT2D eigenvalue weighted by atomic mass is 16.1. The second-order valence-corrected chi connectivity index (χ2v) is 3.03. The van der Waals surface area contributed by atoms with Crippen molar-refractivity contribution in [2.24, 2.45) is 16.8 Å². The highest BCUT2D eigenvalue weighted by Gasteiger charge is 2.11. The minimum atomic E-state index is -0.0892. The molecule has 0 N–H and O–H groups in total. The smallest absolute Gasteiger partial charge is 0.247 e. The molecule has 0 aliphatic carbocycles. The van der Waals surface area contributed by atoms with Crippen LogP contribution in [0.15, 0.2) is 4.99 Å². The zero-order chi connectivity index (χ0) is 8.15. The van der Waals surface area contributed by atoms with Crippen LogP contribution >= 0.6 is 0 Å². The second kappa shape index (κ2) is 4.20. The van der Waals surface area contributed by atoms with Crippen LogP contribution in [-0.4, -0.2) is 12.6 Å². The van der Waals surface area contributed by atoms with Crippen LogP contribution in [0.4, 0.5) is 0 Å². The summed E-state index contributed by atoms with van der Waals surface area (Å²) in [5, 5.41) is 0. The Bertz CT molecular complexity index is 129. The average molecular weight is 141 g/mol. The van der Waals surface area contributed by atoms with Crippen LogP contribution in [0.3, 0.4) is 0 Å². The summed E-state index contributed by atoms with van der Waals surface area (Å²) in [7, 11) is 0. The third-order valence-corrected chi connectivity index (χ3v) is 1.40. The van der Waals surface area contributed by atoms with Crippen molar-refractivity contribution in [1.82, 2.24) is 0 Å². The van der Waals surface area contributed by atoms with E-state index < -0.39 is 0 Å². The molecule has 0 aromatic rings. The Kier molecular flexibility index (Phi) is 3.93.